The number of hydrogen-bond donors (Lipinski definition) is 1. The highest BCUT2D eigenvalue weighted by Gasteiger charge is 2.57. The normalized spacial score (nSPS) is 50.0. The van der Waals surface area contributed by atoms with Crippen LogP contribution in [0.25, 0.3) is 0 Å². The topological polar surface area (TPSA) is 29.5 Å². The Bertz CT molecular complexity index is 188. The third kappa shape index (κ3) is 0.882. The number of hydrogen-bond acceptors (Lipinski definition) is 2. The van der Waals surface area contributed by atoms with Crippen LogP contribution in [-0.2, 0) is 4.89 Å². The minimum atomic E-state index is 0.0972. The first-order valence-electron chi connectivity index (χ1n) is 4.87. The molecule has 0 aromatic rings. The van der Waals surface area contributed by atoms with Gasteiger partial charge in [0.1, 0.15) is 0 Å². The predicted molar refractivity (Wildman–Crippen MR) is 46.7 cm³/mol. The predicted octanol–water partition coefficient (Wildman–Crippen LogP) is 2.55. The van der Waals surface area contributed by atoms with Gasteiger partial charge in [-0.15, -0.1) is 0 Å². The van der Waals surface area contributed by atoms with Crippen molar-refractivity contribution in [1.82, 2.24) is 0 Å². The summed E-state index contributed by atoms with van der Waals surface area (Å²) >= 11 is 0. The van der Waals surface area contributed by atoms with E-state index in [9.17, 15) is 0 Å². The van der Waals surface area contributed by atoms with E-state index in [0.29, 0.717) is 17.3 Å². The summed E-state index contributed by atoms with van der Waals surface area (Å²) in [5.41, 5.74) is 0.394. The van der Waals surface area contributed by atoms with E-state index in [-0.39, 0.29) is 6.10 Å². The van der Waals surface area contributed by atoms with E-state index >= 15 is 0 Å². The lowest BCUT2D eigenvalue weighted by Crippen LogP contribution is -2.58. The van der Waals surface area contributed by atoms with E-state index in [1.54, 1.807) is 0 Å². The van der Waals surface area contributed by atoms with Crippen molar-refractivity contribution in [3.8, 4) is 0 Å². The Kier molecular flexibility index (Phi) is 1.74. The van der Waals surface area contributed by atoms with Crippen LogP contribution < -0.4 is 0 Å². The van der Waals surface area contributed by atoms with Gasteiger partial charge in [-0.25, -0.2) is 4.89 Å². The zero-order valence-corrected chi connectivity index (χ0v) is 8.08. The highest BCUT2D eigenvalue weighted by molar-refractivity contribution is 5.06. The van der Waals surface area contributed by atoms with Crippen molar-refractivity contribution < 1.29 is 10.1 Å². The molecule has 2 nitrogen and oxygen atoms in total. The van der Waals surface area contributed by atoms with Gasteiger partial charge in [-0.3, -0.25) is 5.26 Å². The van der Waals surface area contributed by atoms with Crippen LogP contribution in [0.4, 0.5) is 0 Å². The van der Waals surface area contributed by atoms with E-state index < -0.39 is 0 Å². The first-order chi connectivity index (χ1) is 5.57. The molecule has 70 valence electrons. The Labute approximate surface area is 73.8 Å². The smallest absolute Gasteiger partial charge is 0.0963 e. The average molecular weight is 170 g/mol. The van der Waals surface area contributed by atoms with Crippen molar-refractivity contribution >= 4 is 0 Å². The van der Waals surface area contributed by atoms with Gasteiger partial charge in [0, 0.05) is 0 Å². The molecule has 12 heavy (non-hydrogen) atoms. The van der Waals surface area contributed by atoms with Gasteiger partial charge in [-0.05, 0) is 36.0 Å². The summed E-state index contributed by atoms with van der Waals surface area (Å²) in [7, 11) is 0. The molecule has 2 bridgehead atoms. The molecule has 0 amide bonds. The summed E-state index contributed by atoms with van der Waals surface area (Å²) in [5.74, 6) is 2.15. The first kappa shape index (κ1) is 8.52. The summed E-state index contributed by atoms with van der Waals surface area (Å²) in [4.78, 5) is 4.55. The fraction of sp³-hybridized carbons (Fsp3) is 1.00. The summed E-state index contributed by atoms with van der Waals surface area (Å²) in [6.07, 6.45) is 2.38. The van der Waals surface area contributed by atoms with Crippen LogP contribution in [0.3, 0.4) is 0 Å². The molecule has 0 aliphatic heterocycles. The van der Waals surface area contributed by atoms with Crippen molar-refractivity contribution in [1.29, 1.82) is 0 Å². The minimum Gasteiger partial charge on any atom is -0.252 e. The number of rotatable bonds is 1. The molecule has 0 spiro atoms. The largest absolute Gasteiger partial charge is 0.252 e. The Morgan fingerprint density at radius 2 is 1.92 bits per heavy atom. The molecule has 0 aromatic carbocycles. The highest BCUT2D eigenvalue weighted by Crippen LogP contribution is 2.61. The molecule has 0 radical (unpaired) electrons. The van der Waals surface area contributed by atoms with Gasteiger partial charge in [0.25, 0.3) is 0 Å². The van der Waals surface area contributed by atoms with Gasteiger partial charge in [0.15, 0.2) is 0 Å². The molecule has 3 aliphatic carbocycles. The summed E-state index contributed by atoms with van der Waals surface area (Å²) < 4.78 is 0. The minimum absolute atomic E-state index is 0.0972. The van der Waals surface area contributed by atoms with Crippen molar-refractivity contribution in [3.63, 3.8) is 0 Å². The summed E-state index contributed by atoms with van der Waals surface area (Å²) in [6, 6.07) is 0. The second kappa shape index (κ2) is 2.46. The van der Waals surface area contributed by atoms with Crippen molar-refractivity contribution in [3.05, 3.63) is 0 Å². The Morgan fingerprint density at radius 1 is 1.25 bits per heavy atom. The van der Waals surface area contributed by atoms with Gasteiger partial charge in [-0.2, -0.15) is 0 Å². The molecule has 3 rings (SSSR count). The quantitative estimate of drug-likeness (QED) is 0.484. The molecule has 0 saturated heterocycles. The van der Waals surface area contributed by atoms with E-state index in [1.807, 2.05) is 0 Å². The molecular formula is C10H18O2. The lowest BCUT2D eigenvalue weighted by atomic mass is 9.45. The van der Waals surface area contributed by atoms with Crippen LogP contribution in [0, 0.1) is 23.2 Å². The van der Waals surface area contributed by atoms with Crippen LogP contribution in [0.15, 0.2) is 0 Å². The zero-order chi connectivity index (χ0) is 8.93. The van der Waals surface area contributed by atoms with Crippen LogP contribution in [0.2, 0.25) is 0 Å². The van der Waals surface area contributed by atoms with Crippen molar-refractivity contribution in [2.24, 2.45) is 23.2 Å². The third-order valence-corrected chi connectivity index (χ3v) is 4.29. The highest BCUT2D eigenvalue weighted by atomic mass is 17.1. The summed E-state index contributed by atoms with van der Waals surface area (Å²) in [6.45, 7) is 6.87. The van der Waals surface area contributed by atoms with Crippen LogP contribution in [0.5, 0.6) is 0 Å². The van der Waals surface area contributed by atoms with Crippen LogP contribution in [0.1, 0.15) is 33.6 Å². The maximum Gasteiger partial charge on any atom is 0.0963 e. The Morgan fingerprint density at radius 3 is 2.33 bits per heavy atom. The van der Waals surface area contributed by atoms with Gasteiger partial charge < -0.3 is 0 Å². The molecule has 4 unspecified atom stereocenters. The molecule has 0 aromatic heterocycles. The molecule has 3 fully saturated rings. The molecule has 3 saturated carbocycles. The number of fused-ring (bicyclic) bond motifs is 2. The van der Waals surface area contributed by atoms with Crippen molar-refractivity contribution in [2.75, 3.05) is 0 Å². The summed E-state index contributed by atoms with van der Waals surface area (Å²) in [5, 5.41) is 8.74. The van der Waals surface area contributed by atoms with Gasteiger partial charge >= 0.3 is 0 Å². The van der Waals surface area contributed by atoms with E-state index in [2.05, 4.69) is 25.7 Å². The molecule has 0 heterocycles. The average Bonchev–Trinajstić information content (AvgIpc) is 2.02. The third-order valence-electron chi connectivity index (χ3n) is 4.29. The molecule has 4 atom stereocenters. The fourth-order valence-electron chi connectivity index (χ4n) is 3.40. The van der Waals surface area contributed by atoms with Gasteiger partial charge in [0.05, 0.1) is 6.10 Å². The fourth-order valence-corrected chi connectivity index (χ4v) is 3.40. The monoisotopic (exact) mass is 170 g/mol. The first-order valence-corrected chi connectivity index (χ1v) is 4.87. The van der Waals surface area contributed by atoms with E-state index in [4.69, 9.17) is 5.26 Å². The Hall–Kier alpha value is -0.0800. The van der Waals surface area contributed by atoms with Crippen molar-refractivity contribution in [2.45, 2.75) is 39.7 Å². The molecular weight excluding hydrogens is 152 g/mol. The standard InChI is InChI=1S/C10H18O2/c1-6-4-9(12-11)8-5-7(6)10(8,2)3/h6-9,11H,4-5H2,1-3H3. The second-order valence-electron chi connectivity index (χ2n) is 5.13. The van der Waals surface area contributed by atoms with Crippen LogP contribution >= 0.6 is 0 Å². The lowest BCUT2D eigenvalue weighted by Gasteiger charge is -2.61. The van der Waals surface area contributed by atoms with Crippen LogP contribution in [-0.4, -0.2) is 11.4 Å². The van der Waals surface area contributed by atoms with E-state index in [0.717, 1.165) is 12.3 Å². The maximum atomic E-state index is 8.74. The Balaban J connectivity index is 2.16. The van der Waals surface area contributed by atoms with Gasteiger partial charge in [0.2, 0.25) is 0 Å². The second-order valence-corrected chi connectivity index (χ2v) is 5.13. The van der Waals surface area contributed by atoms with Gasteiger partial charge in [-0.1, -0.05) is 20.8 Å². The SMILES string of the molecule is CC1CC(OO)C2CC1C2(C)C. The maximum absolute atomic E-state index is 8.74. The van der Waals surface area contributed by atoms with E-state index in [1.165, 1.54) is 6.42 Å². The molecule has 1 N–H and O–H groups in total. The lowest BCUT2D eigenvalue weighted by molar-refractivity contribution is -0.334. The molecule has 2 heteroatoms. The molecule has 3 aliphatic rings. The zero-order valence-electron chi connectivity index (χ0n) is 8.08.